The van der Waals surface area contributed by atoms with E-state index < -0.39 is 5.97 Å². The van der Waals surface area contributed by atoms with Crippen molar-refractivity contribution in [3.8, 4) is 0 Å². The van der Waals surface area contributed by atoms with Gasteiger partial charge >= 0.3 is 5.97 Å². The fourth-order valence-corrected chi connectivity index (χ4v) is 4.31. The number of rotatable bonds is 10. The monoisotopic (exact) mass is 498 g/mol. The van der Waals surface area contributed by atoms with Crippen LogP contribution in [0.4, 0.5) is 11.4 Å². The Kier molecular flexibility index (Phi) is 7.52. The first kappa shape index (κ1) is 25.4. The Balaban J connectivity index is 1.61. The van der Waals surface area contributed by atoms with Gasteiger partial charge < -0.3 is 25.6 Å². The van der Waals surface area contributed by atoms with Crippen molar-refractivity contribution >= 4 is 40.1 Å². The number of carboxylic acids is 1. The van der Waals surface area contributed by atoms with E-state index in [4.69, 9.17) is 16.1 Å². The van der Waals surface area contributed by atoms with Gasteiger partial charge in [-0.2, -0.15) is 0 Å². The third-order valence-corrected chi connectivity index (χ3v) is 6.24. The summed E-state index contributed by atoms with van der Waals surface area (Å²) in [5.74, 6) is -0.390. The Bertz CT molecular complexity index is 1460. The van der Waals surface area contributed by atoms with Crippen molar-refractivity contribution in [2.45, 2.75) is 33.4 Å². The van der Waals surface area contributed by atoms with Crippen molar-refractivity contribution in [2.24, 2.45) is 5.73 Å². The second-order valence-corrected chi connectivity index (χ2v) is 8.71. The Morgan fingerprint density at radius 3 is 2.43 bits per heavy atom. The molecule has 3 aromatic carbocycles. The quantitative estimate of drug-likeness (QED) is 0.189. The zero-order valence-electron chi connectivity index (χ0n) is 20.9. The zero-order chi connectivity index (χ0) is 26.5. The van der Waals surface area contributed by atoms with Crippen LogP contribution in [0.5, 0.6) is 0 Å². The summed E-state index contributed by atoms with van der Waals surface area (Å²) in [6, 6.07) is 20.2. The number of carbonyl (C=O) groups is 2. The molecule has 0 saturated carbocycles. The van der Waals surface area contributed by atoms with Crippen LogP contribution < -0.4 is 16.0 Å². The number of aromatic nitrogens is 2. The van der Waals surface area contributed by atoms with Crippen molar-refractivity contribution in [2.75, 3.05) is 16.8 Å². The lowest BCUT2D eigenvalue weighted by Gasteiger charge is -2.24. The SMILES string of the molecule is CCn1c(CNc2ccc(C(=N)N)cc2)nc2cc(C(=O)N(CCC(=O)O)c3ccccc3C)ccc21. The predicted molar refractivity (Wildman–Crippen MR) is 145 cm³/mol. The number of imidazole rings is 1. The van der Waals surface area contributed by atoms with E-state index >= 15 is 0 Å². The average Bonchev–Trinajstić information content (AvgIpc) is 3.25. The highest BCUT2D eigenvalue weighted by atomic mass is 16.4. The van der Waals surface area contributed by atoms with E-state index in [-0.39, 0.29) is 24.7 Å². The van der Waals surface area contributed by atoms with Crippen molar-refractivity contribution in [3.63, 3.8) is 0 Å². The minimum absolute atomic E-state index is 0.0219. The van der Waals surface area contributed by atoms with Crippen LogP contribution in [0.2, 0.25) is 0 Å². The first-order chi connectivity index (χ1) is 17.8. The molecule has 0 radical (unpaired) electrons. The van der Waals surface area contributed by atoms with Gasteiger partial charge in [0.25, 0.3) is 5.91 Å². The lowest BCUT2D eigenvalue weighted by Crippen LogP contribution is -2.33. The molecule has 0 aliphatic carbocycles. The first-order valence-corrected chi connectivity index (χ1v) is 12.0. The maximum absolute atomic E-state index is 13.6. The summed E-state index contributed by atoms with van der Waals surface area (Å²) in [4.78, 5) is 31.1. The standard InChI is InChI=1S/C28H30N6O3/c1-3-33-24-13-10-20(28(37)34(15-14-26(35)36)23-7-5-4-6-18(23)2)16-22(24)32-25(33)17-31-21-11-8-19(9-12-21)27(29)30/h4-13,16,31H,3,14-15,17H2,1-2H3,(H3,29,30)(H,35,36). The van der Waals surface area contributed by atoms with Gasteiger partial charge in [0.05, 0.1) is 24.0 Å². The van der Waals surface area contributed by atoms with Crippen LogP contribution in [0.25, 0.3) is 11.0 Å². The topological polar surface area (TPSA) is 137 Å². The normalized spacial score (nSPS) is 10.9. The Morgan fingerprint density at radius 1 is 1.08 bits per heavy atom. The van der Waals surface area contributed by atoms with Gasteiger partial charge in [0.15, 0.2) is 0 Å². The number of nitrogens with two attached hydrogens (primary N) is 1. The number of fused-ring (bicyclic) bond motifs is 1. The van der Waals surface area contributed by atoms with Crippen LogP contribution in [-0.4, -0.2) is 38.9 Å². The number of hydrogen-bond acceptors (Lipinski definition) is 5. The van der Waals surface area contributed by atoms with Gasteiger partial charge in [0.2, 0.25) is 0 Å². The fourth-order valence-electron chi connectivity index (χ4n) is 4.31. The largest absolute Gasteiger partial charge is 0.481 e. The fraction of sp³-hybridized carbons (Fsp3) is 0.214. The third kappa shape index (κ3) is 5.61. The zero-order valence-corrected chi connectivity index (χ0v) is 20.9. The molecule has 0 aliphatic rings. The van der Waals surface area contributed by atoms with E-state index in [1.165, 1.54) is 4.90 Å². The van der Waals surface area contributed by atoms with Crippen molar-refractivity contribution in [3.05, 3.63) is 89.2 Å². The number of hydrogen-bond donors (Lipinski definition) is 4. The second-order valence-electron chi connectivity index (χ2n) is 8.71. The smallest absolute Gasteiger partial charge is 0.305 e. The first-order valence-electron chi connectivity index (χ1n) is 12.0. The molecule has 1 heterocycles. The molecule has 0 aliphatic heterocycles. The van der Waals surface area contributed by atoms with E-state index in [0.717, 1.165) is 22.6 Å². The van der Waals surface area contributed by atoms with E-state index in [1.54, 1.807) is 24.3 Å². The van der Waals surface area contributed by atoms with Crippen LogP contribution in [0.3, 0.4) is 0 Å². The second kappa shape index (κ2) is 10.9. The molecule has 1 amide bonds. The number of nitrogen functional groups attached to an aromatic ring is 1. The highest BCUT2D eigenvalue weighted by Gasteiger charge is 2.21. The summed E-state index contributed by atoms with van der Waals surface area (Å²) < 4.78 is 2.09. The van der Waals surface area contributed by atoms with Crippen molar-refractivity contribution < 1.29 is 14.7 Å². The molecule has 0 saturated heterocycles. The van der Waals surface area contributed by atoms with Gasteiger partial charge in [-0.15, -0.1) is 0 Å². The highest BCUT2D eigenvalue weighted by molar-refractivity contribution is 6.08. The lowest BCUT2D eigenvalue weighted by atomic mass is 10.1. The number of nitrogens with one attached hydrogen (secondary N) is 2. The van der Waals surface area contributed by atoms with Crippen molar-refractivity contribution in [1.29, 1.82) is 5.41 Å². The molecule has 0 unspecified atom stereocenters. The molecule has 0 spiro atoms. The number of amides is 1. The minimum Gasteiger partial charge on any atom is -0.481 e. The molecule has 9 nitrogen and oxygen atoms in total. The minimum atomic E-state index is -0.961. The summed E-state index contributed by atoms with van der Waals surface area (Å²) in [5.41, 5.74) is 10.7. The Hall–Kier alpha value is -4.66. The molecule has 5 N–H and O–H groups in total. The van der Waals surface area contributed by atoms with Crippen LogP contribution in [0, 0.1) is 12.3 Å². The number of carbonyl (C=O) groups excluding carboxylic acids is 1. The van der Waals surface area contributed by atoms with Crippen LogP contribution in [-0.2, 0) is 17.9 Å². The number of aryl methyl sites for hydroxylation is 2. The molecule has 190 valence electrons. The number of nitrogens with zero attached hydrogens (tertiary/aromatic N) is 3. The van der Waals surface area contributed by atoms with E-state index in [1.807, 2.05) is 56.3 Å². The summed E-state index contributed by atoms with van der Waals surface area (Å²) in [6.07, 6.45) is -0.157. The predicted octanol–water partition coefficient (Wildman–Crippen LogP) is 4.38. The summed E-state index contributed by atoms with van der Waals surface area (Å²) >= 11 is 0. The Labute approximate surface area is 215 Å². The third-order valence-electron chi connectivity index (χ3n) is 6.24. The molecule has 9 heteroatoms. The van der Waals surface area contributed by atoms with Gasteiger partial charge in [0, 0.05) is 35.6 Å². The van der Waals surface area contributed by atoms with E-state index in [9.17, 15) is 14.7 Å². The maximum atomic E-state index is 13.6. The van der Waals surface area contributed by atoms with Crippen LogP contribution in [0.1, 0.15) is 40.7 Å². The average molecular weight is 499 g/mol. The number of carboxylic acid groups (broad SMARTS) is 1. The van der Waals surface area contributed by atoms with Gasteiger partial charge in [-0.3, -0.25) is 15.0 Å². The summed E-state index contributed by atoms with van der Waals surface area (Å²) in [7, 11) is 0. The number of aliphatic carboxylic acids is 1. The lowest BCUT2D eigenvalue weighted by molar-refractivity contribution is -0.136. The summed E-state index contributed by atoms with van der Waals surface area (Å²) in [6.45, 7) is 5.18. The molecule has 4 rings (SSSR count). The molecule has 4 aromatic rings. The number of benzene rings is 3. The van der Waals surface area contributed by atoms with Gasteiger partial charge in [0.1, 0.15) is 11.7 Å². The van der Waals surface area contributed by atoms with Gasteiger partial charge in [-0.1, -0.05) is 18.2 Å². The van der Waals surface area contributed by atoms with Crippen LogP contribution in [0.15, 0.2) is 66.7 Å². The molecular weight excluding hydrogens is 468 g/mol. The number of anilines is 2. The molecule has 1 aromatic heterocycles. The summed E-state index contributed by atoms with van der Waals surface area (Å²) in [5, 5.41) is 20.1. The molecule has 37 heavy (non-hydrogen) atoms. The van der Waals surface area contributed by atoms with E-state index in [2.05, 4.69) is 9.88 Å². The molecule has 0 bridgehead atoms. The molecule has 0 fully saturated rings. The van der Waals surface area contributed by atoms with E-state index in [0.29, 0.717) is 35.4 Å². The highest BCUT2D eigenvalue weighted by Crippen LogP contribution is 2.25. The number of amidine groups is 1. The van der Waals surface area contributed by atoms with Gasteiger partial charge in [-0.05, 0) is 67.9 Å². The molecular formula is C28H30N6O3. The van der Waals surface area contributed by atoms with Crippen LogP contribution >= 0.6 is 0 Å². The maximum Gasteiger partial charge on any atom is 0.305 e. The Morgan fingerprint density at radius 2 is 1.78 bits per heavy atom. The molecule has 0 atom stereocenters. The number of para-hydroxylation sites is 1. The van der Waals surface area contributed by atoms with Gasteiger partial charge in [-0.25, -0.2) is 4.98 Å². The van der Waals surface area contributed by atoms with Crippen molar-refractivity contribution in [1.82, 2.24) is 9.55 Å².